The predicted molar refractivity (Wildman–Crippen MR) is 90.5 cm³/mol. The van der Waals surface area contributed by atoms with E-state index in [0.717, 1.165) is 41.7 Å². The van der Waals surface area contributed by atoms with E-state index < -0.39 is 0 Å². The number of amides is 1. The van der Waals surface area contributed by atoms with Crippen LogP contribution >= 0.6 is 0 Å². The lowest BCUT2D eigenvalue weighted by Crippen LogP contribution is -2.44. The second-order valence-electron chi connectivity index (χ2n) is 6.48. The number of aromatic nitrogens is 3. The summed E-state index contributed by atoms with van der Waals surface area (Å²) in [6.07, 6.45) is 1.55. The highest BCUT2D eigenvalue weighted by atomic mass is 16.5. The minimum absolute atomic E-state index is 0.133. The maximum atomic E-state index is 12.9. The fourth-order valence-corrected chi connectivity index (χ4v) is 3.56. The molecule has 0 saturated carbocycles. The Kier molecular flexibility index (Phi) is 4.07. The molecule has 2 aliphatic rings. The van der Waals surface area contributed by atoms with Crippen molar-refractivity contribution in [3.8, 4) is 11.5 Å². The number of nitrogens with zero attached hydrogens (tertiary/aromatic N) is 4. The van der Waals surface area contributed by atoms with Crippen LogP contribution in [-0.4, -0.2) is 45.8 Å². The number of hydrogen-bond donors (Lipinski definition) is 0. The van der Waals surface area contributed by atoms with E-state index in [-0.39, 0.29) is 11.8 Å². The van der Waals surface area contributed by atoms with Crippen LogP contribution in [0.4, 0.5) is 0 Å². The van der Waals surface area contributed by atoms with E-state index in [1.54, 1.807) is 7.11 Å². The summed E-state index contributed by atoms with van der Waals surface area (Å²) in [6, 6.07) is 5.77. The first-order chi connectivity index (χ1) is 12.2. The molecule has 1 atom stereocenters. The smallest absolute Gasteiger partial charge is 0.229 e. The zero-order valence-electron chi connectivity index (χ0n) is 14.6. The fourth-order valence-electron chi connectivity index (χ4n) is 3.56. The Balaban J connectivity index is 1.47. The monoisotopic (exact) mass is 342 g/mol. The van der Waals surface area contributed by atoms with E-state index in [1.165, 1.54) is 0 Å². The molecular weight excluding hydrogens is 320 g/mol. The van der Waals surface area contributed by atoms with Gasteiger partial charge in [0.15, 0.2) is 5.82 Å². The van der Waals surface area contributed by atoms with E-state index >= 15 is 0 Å². The quantitative estimate of drug-likeness (QED) is 0.844. The molecule has 0 N–H and O–H groups in total. The van der Waals surface area contributed by atoms with E-state index in [9.17, 15) is 4.79 Å². The second-order valence-corrected chi connectivity index (χ2v) is 6.48. The number of aryl methyl sites for hydroxylation is 1. The summed E-state index contributed by atoms with van der Waals surface area (Å²) in [4.78, 5) is 14.8. The number of fused-ring (bicyclic) bond motifs is 2. The first-order valence-electron chi connectivity index (χ1n) is 8.69. The molecular formula is C18H22N4O3. The van der Waals surface area contributed by atoms with Crippen LogP contribution in [0.25, 0.3) is 0 Å². The zero-order chi connectivity index (χ0) is 17.4. The van der Waals surface area contributed by atoms with Gasteiger partial charge >= 0.3 is 0 Å². The van der Waals surface area contributed by atoms with Crippen LogP contribution in [-0.2, 0) is 30.7 Å². The molecule has 0 radical (unpaired) electrons. The first kappa shape index (κ1) is 15.9. The van der Waals surface area contributed by atoms with Crippen LogP contribution < -0.4 is 9.47 Å². The molecule has 1 aromatic carbocycles. The van der Waals surface area contributed by atoms with Crippen molar-refractivity contribution in [3.05, 3.63) is 35.4 Å². The molecule has 25 heavy (non-hydrogen) atoms. The Morgan fingerprint density at radius 3 is 3.04 bits per heavy atom. The van der Waals surface area contributed by atoms with Gasteiger partial charge in [0.1, 0.15) is 23.9 Å². The molecule has 1 aromatic heterocycles. The van der Waals surface area contributed by atoms with Crippen molar-refractivity contribution in [3.63, 3.8) is 0 Å². The van der Waals surface area contributed by atoms with E-state index in [1.807, 2.05) is 23.1 Å². The Morgan fingerprint density at radius 2 is 2.24 bits per heavy atom. The Morgan fingerprint density at radius 1 is 1.36 bits per heavy atom. The normalized spacial score (nSPS) is 19.0. The summed E-state index contributed by atoms with van der Waals surface area (Å²) in [5, 5.41) is 8.44. The molecule has 4 rings (SSSR count). The van der Waals surface area contributed by atoms with Crippen molar-refractivity contribution in [1.29, 1.82) is 0 Å². The number of carbonyl (C=O) groups is 1. The van der Waals surface area contributed by atoms with Crippen LogP contribution in [0, 0.1) is 5.92 Å². The van der Waals surface area contributed by atoms with Crippen LogP contribution in [0.3, 0.4) is 0 Å². The highest BCUT2D eigenvalue weighted by Gasteiger charge is 2.32. The van der Waals surface area contributed by atoms with Gasteiger partial charge in [-0.15, -0.1) is 10.2 Å². The highest BCUT2D eigenvalue weighted by molar-refractivity contribution is 5.80. The van der Waals surface area contributed by atoms with Crippen molar-refractivity contribution in [2.75, 3.05) is 20.3 Å². The van der Waals surface area contributed by atoms with Gasteiger partial charge in [-0.05, 0) is 18.1 Å². The highest BCUT2D eigenvalue weighted by Crippen LogP contribution is 2.32. The molecule has 2 aliphatic heterocycles. The van der Waals surface area contributed by atoms with Crippen LogP contribution in [0.15, 0.2) is 18.2 Å². The molecule has 0 fully saturated rings. The maximum absolute atomic E-state index is 12.9. The standard InChI is InChI=1S/C18H22N4O3/c1-3-16-19-20-17-10-21(6-7-22(16)17)18(23)13-8-12-4-5-14(24-2)9-15(12)25-11-13/h4-5,9,13H,3,6-8,10-11H2,1-2H3. The molecule has 1 unspecified atom stereocenters. The minimum atomic E-state index is -0.152. The molecule has 0 spiro atoms. The summed E-state index contributed by atoms with van der Waals surface area (Å²) in [6.45, 7) is 4.46. The van der Waals surface area contributed by atoms with Crippen molar-refractivity contribution in [2.45, 2.75) is 32.9 Å². The fraction of sp³-hybridized carbons (Fsp3) is 0.500. The van der Waals surface area contributed by atoms with Gasteiger partial charge in [-0.2, -0.15) is 0 Å². The van der Waals surface area contributed by atoms with Gasteiger partial charge < -0.3 is 18.9 Å². The minimum Gasteiger partial charge on any atom is -0.497 e. The molecule has 1 amide bonds. The molecule has 132 valence electrons. The van der Waals surface area contributed by atoms with Gasteiger partial charge in [-0.3, -0.25) is 4.79 Å². The van der Waals surface area contributed by atoms with Gasteiger partial charge in [0.05, 0.1) is 19.6 Å². The molecule has 7 heteroatoms. The lowest BCUT2D eigenvalue weighted by atomic mass is 9.95. The van der Waals surface area contributed by atoms with E-state index in [4.69, 9.17) is 9.47 Å². The summed E-state index contributed by atoms with van der Waals surface area (Å²) in [7, 11) is 1.63. The lowest BCUT2D eigenvalue weighted by molar-refractivity contribution is -0.138. The maximum Gasteiger partial charge on any atom is 0.229 e. The molecule has 0 aliphatic carbocycles. The number of rotatable bonds is 3. The average molecular weight is 342 g/mol. The SMILES string of the molecule is CCc1nnc2n1CCN(C(=O)C1COc3cc(OC)ccc3C1)C2. The van der Waals surface area contributed by atoms with E-state index in [0.29, 0.717) is 26.1 Å². The van der Waals surface area contributed by atoms with Crippen molar-refractivity contribution in [1.82, 2.24) is 19.7 Å². The summed E-state index contributed by atoms with van der Waals surface area (Å²) < 4.78 is 13.2. The van der Waals surface area contributed by atoms with Gasteiger partial charge in [0.25, 0.3) is 0 Å². The van der Waals surface area contributed by atoms with E-state index in [2.05, 4.69) is 21.7 Å². The van der Waals surface area contributed by atoms with Crippen LogP contribution in [0.5, 0.6) is 11.5 Å². The number of methoxy groups -OCH3 is 1. The molecule has 0 bridgehead atoms. The predicted octanol–water partition coefficient (Wildman–Crippen LogP) is 1.44. The number of hydrogen-bond acceptors (Lipinski definition) is 5. The van der Waals surface area contributed by atoms with Gasteiger partial charge in [-0.25, -0.2) is 0 Å². The Labute approximate surface area is 146 Å². The van der Waals surface area contributed by atoms with Gasteiger partial charge in [0, 0.05) is 25.6 Å². The lowest BCUT2D eigenvalue weighted by Gasteiger charge is -2.33. The molecule has 2 aromatic rings. The Hall–Kier alpha value is -2.57. The largest absolute Gasteiger partial charge is 0.497 e. The van der Waals surface area contributed by atoms with Crippen molar-refractivity contribution >= 4 is 5.91 Å². The third-order valence-corrected chi connectivity index (χ3v) is 4.99. The summed E-state index contributed by atoms with van der Waals surface area (Å²) >= 11 is 0. The number of ether oxygens (including phenoxy) is 2. The molecule has 0 saturated heterocycles. The van der Waals surface area contributed by atoms with Gasteiger partial charge in [0.2, 0.25) is 5.91 Å². The number of carbonyl (C=O) groups excluding carboxylic acids is 1. The van der Waals surface area contributed by atoms with Gasteiger partial charge in [-0.1, -0.05) is 13.0 Å². The van der Waals surface area contributed by atoms with Crippen molar-refractivity contribution < 1.29 is 14.3 Å². The zero-order valence-corrected chi connectivity index (χ0v) is 14.6. The molecule has 3 heterocycles. The van der Waals surface area contributed by atoms with Crippen molar-refractivity contribution in [2.24, 2.45) is 5.92 Å². The third kappa shape index (κ3) is 2.83. The first-order valence-corrected chi connectivity index (χ1v) is 8.69. The average Bonchev–Trinajstić information content (AvgIpc) is 3.08. The molecule has 7 nitrogen and oxygen atoms in total. The Bertz CT molecular complexity index is 802. The summed E-state index contributed by atoms with van der Waals surface area (Å²) in [5.41, 5.74) is 1.05. The third-order valence-electron chi connectivity index (χ3n) is 4.99. The van der Waals surface area contributed by atoms with Crippen LogP contribution in [0.1, 0.15) is 24.1 Å². The second kappa shape index (κ2) is 6.38. The number of benzene rings is 1. The van der Waals surface area contributed by atoms with Crippen LogP contribution in [0.2, 0.25) is 0 Å². The summed E-state index contributed by atoms with van der Waals surface area (Å²) in [5.74, 6) is 3.43. The topological polar surface area (TPSA) is 69.5 Å².